The van der Waals surface area contributed by atoms with Crippen molar-refractivity contribution in [1.29, 1.82) is 0 Å². The molecule has 1 fully saturated rings. The number of rotatable bonds is 5. The zero-order valence-corrected chi connectivity index (χ0v) is 16.4. The molecule has 0 saturated heterocycles. The lowest BCUT2D eigenvalue weighted by molar-refractivity contribution is -0.159. The third-order valence-corrected chi connectivity index (χ3v) is 5.81. The Morgan fingerprint density at radius 3 is 2.33 bits per heavy atom. The first-order chi connectivity index (χ1) is 11.0. The third kappa shape index (κ3) is 3.93. The summed E-state index contributed by atoms with van der Waals surface area (Å²) in [5, 5.41) is 3.70. The van der Waals surface area contributed by atoms with Gasteiger partial charge in [0, 0.05) is 16.5 Å². The van der Waals surface area contributed by atoms with E-state index in [4.69, 9.17) is 51.1 Å². The maximum Gasteiger partial charge on any atom is 0.315 e. The highest BCUT2D eigenvalue weighted by molar-refractivity contribution is 6.53. The number of benzene rings is 1. The van der Waals surface area contributed by atoms with Crippen LogP contribution in [0.15, 0.2) is 18.2 Å². The molecule has 1 aromatic carbocycles. The van der Waals surface area contributed by atoms with Crippen LogP contribution in [0.1, 0.15) is 38.8 Å². The number of hydrogen-bond donors (Lipinski definition) is 1. The van der Waals surface area contributed by atoms with Gasteiger partial charge in [-0.25, -0.2) is 0 Å². The van der Waals surface area contributed by atoms with Crippen LogP contribution < -0.4 is 5.32 Å². The zero-order valence-electron chi connectivity index (χ0n) is 13.3. The lowest BCUT2D eigenvalue weighted by Crippen LogP contribution is -2.39. The average molecular weight is 413 g/mol. The Morgan fingerprint density at radius 1 is 1.25 bits per heavy atom. The summed E-state index contributed by atoms with van der Waals surface area (Å²) in [4.78, 5) is 24.3. The quantitative estimate of drug-likeness (QED) is 0.563. The van der Waals surface area contributed by atoms with Gasteiger partial charge in [-0.05, 0) is 38.5 Å². The largest absolute Gasteiger partial charge is 0.452 e. The number of amides is 1. The molecule has 2 rings (SSSR count). The molecular weight excluding hydrogens is 396 g/mol. The minimum atomic E-state index is -1.13. The van der Waals surface area contributed by atoms with E-state index >= 15 is 0 Å². The van der Waals surface area contributed by atoms with E-state index in [1.54, 1.807) is 32.0 Å². The molecule has 0 bridgehead atoms. The zero-order chi connectivity index (χ0) is 18.3. The van der Waals surface area contributed by atoms with Crippen molar-refractivity contribution in [2.45, 2.75) is 43.7 Å². The van der Waals surface area contributed by atoms with Crippen molar-refractivity contribution in [2.75, 3.05) is 0 Å². The molecule has 0 radical (unpaired) electrons. The van der Waals surface area contributed by atoms with E-state index < -0.39 is 27.7 Å². The standard InChI is InChI=1S/C16H17Cl4NO3/c1-8(11-5-4-10(17)6-12(11)18)21-13(22)9(2)24-14(23)15(3)7-16(15,19)20/h4-6,8-9H,7H2,1-3H3,(H,21,22)/t8-,9-,15+/m1/s1. The van der Waals surface area contributed by atoms with Crippen molar-refractivity contribution in [3.8, 4) is 0 Å². The Kier molecular flexibility index (Phi) is 5.65. The third-order valence-electron chi connectivity index (χ3n) is 4.15. The van der Waals surface area contributed by atoms with Crippen molar-refractivity contribution < 1.29 is 14.3 Å². The molecule has 0 unspecified atom stereocenters. The van der Waals surface area contributed by atoms with Gasteiger partial charge in [0.1, 0.15) is 9.75 Å². The topological polar surface area (TPSA) is 55.4 Å². The van der Waals surface area contributed by atoms with Gasteiger partial charge < -0.3 is 10.1 Å². The summed E-state index contributed by atoms with van der Waals surface area (Å²) in [6.45, 7) is 4.86. The number of ether oxygens (including phenoxy) is 1. The molecule has 3 atom stereocenters. The summed E-state index contributed by atoms with van der Waals surface area (Å²) in [6.07, 6.45) is -0.680. The lowest BCUT2D eigenvalue weighted by Gasteiger charge is -2.20. The molecule has 1 saturated carbocycles. The summed E-state index contributed by atoms with van der Waals surface area (Å²) in [5.74, 6) is -1.03. The molecule has 0 aliphatic heterocycles. The number of nitrogens with one attached hydrogen (secondary N) is 1. The highest BCUT2D eigenvalue weighted by atomic mass is 35.5. The number of carbonyl (C=O) groups excluding carboxylic acids is 2. The summed E-state index contributed by atoms with van der Waals surface area (Å²) < 4.78 is 4.05. The molecule has 1 N–H and O–H groups in total. The van der Waals surface area contributed by atoms with Crippen LogP contribution in [0.25, 0.3) is 0 Å². The molecule has 24 heavy (non-hydrogen) atoms. The van der Waals surface area contributed by atoms with Crippen LogP contribution in [0.3, 0.4) is 0 Å². The molecule has 0 heterocycles. The molecule has 8 heteroatoms. The lowest BCUT2D eigenvalue weighted by atomic mass is 10.1. The van der Waals surface area contributed by atoms with Gasteiger partial charge in [0.15, 0.2) is 6.10 Å². The first-order valence-electron chi connectivity index (χ1n) is 7.32. The van der Waals surface area contributed by atoms with Crippen molar-refractivity contribution in [1.82, 2.24) is 5.32 Å². The van der Waals surface area contributed by atoms with Crippen LogP contribution in [0.5, 0.6) is 0 Å². The van der Waals surface area contributed by atoms with Crippen LogP contribution in [0.4, 0.5) is 0 Å². The van der Waals surface area contributed by atoms with Gasteiger partial charge in [-0.1, -0.05) is 29.3 Å². The minimum absolute atomic E-state index is 0.299. The van der Waals surface area contributed by atoms with Crippen LogP contribution in [-0.2, 0) is 14.3 Å². The number of hydrogen-bond acceptors (Lipinski definition) is 3. The highest BCUT2D eigenvalue weighted by Gasteiger charge is 2.69. The summed E-state index contributed by atoms with van der Waals surface area (Å²) in [5.41, 5.74) is -0.266. The van der Waals surface area contributed by atoms with Gasteiger partial charge in [0.05, 0.1) is 6.04 Å². The Hall–Kier alpha value is -0.680. The monoisotopic (exact) mass is 411 g/mol. The molecule has 1 aliphatic carbocycles. The minimum Gasteiger partial charge on any atom is -0.452 e. The average Bonchev–Trinajstić information content (AvgIpc) is 2.98. The maximum absolute atomic E-state index is 12.2. The Morgan fingerprint density at radius 2 is 1.83 bits per heavy atom. The Bertz CT molecular complexity index is 679. The second-order valence-electron chi connectivity index (χ2n) is 6.16. The van der Waals surface area contributed by atoms with Gasteiger partial charge in [0.25, 0.3) is 5.91 Å². The van der Waals surface area contributed by atoms with Crippen molar-refractivity contribution in [3.63, 3.8) is 0 Å². The van der Waals surface area contributed by atoms with Crippen molar-refractivity contribution >= 4 is 58.3 Å². The predicted octanol–water partition coefficient (Wildman–Crippen LogP) is 4.69. The van der Waals surface area contributed by atoms with Gasteiger partial charge in [-0.2, -0.15) is 0 Å². The van der Waals surface area contributed by atoms with E-state index in [0.717, 1.165) is 0 Å². The second-order valence-corrected chi connectivity index (χ2v) is 8.48. The second kappa shape index (κ2) is 6.91. The van der Waals surface area contributed by atoms with Gasteiger partial charge in [-0.15, -0.1) is 23.2 Å². The normalized spacial score (nSPS) is 24.0. The molecule has 1 amide bonds. The SMILES string of the molecule is C[C@@H](OC(=O)[C@]1(C)CC1(Cl)Cl)C(=O)N[C@H](C)c1ccc(Cl)cc1Cl. The first kappa shape index (κ1) is 19.6. The Balaban J connectivity index is 1.95. The fourth-order valence-corrected chi connectivity index (χ4v) is 3.49. The molecule has 0 aromatic heterocycles. The summed E-state index contributed by atoms with van der Waals surface area (Å²) >= 11 is 23.9. The van der Waals surface area contributed by atoms with Crippen LogP contribution in [-0.4, -0.2) is 22.3 Å². The molecule has 4 nitrogen and oxygen atoms in total. The van der Waals surface area contributed by atoms with Crippen molar-refractivity contribution in [2.24, 2.45) is 5.41 Å². The smallest absolute Gasteiger partial charge is 0.315 e. The van der Waals surface area contributed by atoms with E-state index in [9.17, 15) is 9.59 Å². The van der Waals surface area contributed by atoms with E-state index in [1.807, 2.05) is 0 Å². The van der Waals surface area contributed by atoms with Gasteiger partial charge in [0.2, 0.25) is 0 Å². The molecule has 1 aromatic rings. The first-order valence-corrected chi connectivity index (χ1v) is 8.83. The molecule has 132 valence electrons. The molecule has 1 aliphatic rings. The molecule has 0 spiro atoms. The number of esters is 1. The Labute approximate surface area is 160 Å². The highest BCUT2D eigenvalue weighted by Crippen LogP contribution is 2.64. The number of alkyl halides is 2. The fourth-order valence-electron chi connectivity index (χ4n) is 2.23. The fraction of sp³-hybridized carbons (Fsp3) is 0.500. The number of carbonyl (C=O) groups is 2. The van der Waals surface area contributed by atoms with Gasteiger partial charge >= 0.3 is 5.97 Å². The number of halogens is 4. The maximum atomic E-state index is 12.2. The van der Waals surface area contributed by atoms with Crippen LogP contribution in [0.2, 0.25) is 10.0 Å². The van der Waals surface area contributed by atoms with E-state index in [1.165, 1.54) is 6.92 Å². The van der Waals surface area contributed by atoms with E-state index in [-0.39, 0.29) is 6.04 Å². The predicted molar refractivity (Wildman–Crippen MR) is 95.7 cm³/mol. The summed E-state index contributed by atoms with van der Waals surface area (Å²) in [6, 6.07) is 4.63. The van der Waals surface area contributed by atoms with Crippen LogP contribution >= 0.6 is 46.4 Å². The van der Waals surface area contributed by atoms with Gasteiger partial charge in [-0.3, -0.25) is 9.59 Å². The van der Waals surface area contributed by atoms with E-state index in [2.05, 4.69) is 5.32 Å². The van der Waals surface area contributed by atoms with Crippen LogP contribution in [0, 0.1) is 5.41 Å². The summed E-state index contributed by atoms with van der Waals surface area (Å²) in [7, 11) is 0. The molecular formula is C16H17Cl4NO3. The van der Waals surface area contributed by atoms with Crippen molar-refractivity contribution in [3.05, 3.63) is 33.8 Å². The van der Waals surface area contributed by atoms with E-state index in [0.29, 0.717) is 22.0 Å².